The number of ether oxygens (including phenoxy) is 1. The van der Waals surface area contributed by atoms with Gasteiger partial charge in [-0.25, -0.2) is 0 Å². The van der Waals surface area contributed by atoms with Crippen LogP contribution in [0, 0.1) is 6.92 Å². The molecular weight excluding hydrogens is 263 g/mol. The van der Waals surface area contributed by atoms with Crippen molar-refractivity contribution in [3.63, 3.8) is 0 Å². The highest BCUT2D eigenvalue weighted by Crippen LogP contribution is 2.31. The van der Waals surface area contributed by atoms with Gasteiger partial charge in [-0.1, -0.05) is 0 Å². The normalized spacial score (nSPS) is 11.0. The first-order valence-corrected chi connectivity index (χ1v) is 5.28. The minimum Gasteiger partial charge on any atom is -0.469 e. The number of methoxy groups -OCH3 is 1. The van der Waals surface area contributed by atoms with Gasteiger partial charge in [-0.2, -0.15) is 13.2 Å². The van der Waals surface area contributed by atoms with Crippen molar-refractivity contribution in [3.8, 4) is 0 Å². The Hall–Kier alpha value is -2.05. The molecule has 19 heavy (non-hydrogen) atoms. The molecule has 1 N–H and O–H groups in total. The van der Waals surface area contributed by atoms with E-state index in [1.165, 1.54) is 6.92 Å². The van der Waals surface area contributed by atoms with Gasteiger partial charge in [0.2, 0.25) is 5.91 Å². The van der Waals surface area contributed by atoms with Crippen LogP contribution in [0.2, 0.25) is 0 Å². The molecule has 0 saturated carbocycles. The lowest BCUT2D eigenvalue weighted by molar-refractivity contribution is -0.143. The summed E-state index contributed by atoms with van der Waals surface area (Å²) in [6, 6.07) is 2.93. The first-order chi connectivity index (χ1) is 8.74. The highest BCUT2D eigenvalue weighted by molar-refractivity contribution is 6.02. The molecule has 0 bridgehead atoms. The number of aryl methyl sites for hydroxylation is 1. The molecule has 1 aromatic carbocycles. The molecule has 0 heterocycles. The molecule has 7 heteroatoms. The molecule has 1 rings (SSSR count). The predicted molar refractivity (Wildman–Crippen MR) is 61.4 cm³/mol. The van der Waals surface area contributed by atoms with E-state index in [0.717, 1.165) is 25.3 Å². The van der Waals surface area contributed by atoms with Crippen molar-refractivity contribution in [3.05, 3.63) is 29.3 Å². The van der Waals surface area contributed by atoms with Crippen molar-refractivity contribution in [1.82, 2.24) is 0 Å². The molecule has 104 valence electrons. The lowest BCUT2D eigenvalue weighted by atomic mass is 10.1. The van der Waals surface area contributed by atoms with Crippen molar-refractivity contribution < 1.29 is 27.5 Å². The fraction of sp³-hybridized carbons (Fsp3) is 0.333. The second-order valence-electron chi connectivity index (χ2n) is 3.83. The molecule has 0 unspecified atom stereocenters. The van der Waals surface area contributed by atoms with E-state index in [9.17, 15) is 22.8 Å². The van der Waals surface area contributed by atoms with Crippen molar-refractivity contribution in [1.29, 1.82) is 0 Å². The number of carbonyl (C=O) groups is 2. The topological polar surface area (TPSA) is 55.4 Å². The molecular formula is C12H12F3NO3. The summed E-state index contributed by atoms with van der Waals surface area (Å²) in [5.74, 6) is -1.36. The van der Waals surface area contributed by atoms with Gasteiger partial charge < -0.3 is 10.1 Å². The van der Waals surface area contributed by atoms with Crippen LogP contribution in [0.4, 0.5) is 18.9 Å². The number of rotatable bonds is 3. The Balaban J connectivity index is 2.81. The quantitative estimate of drug-likeness (QED) is 0.681. The van der Waals surface area contributed by atoms with Gasteiger partial charge in [0, 0.05) is 5.69 Å². The fourth-order valence-corrected chi connectivity index (χ4v) is 1.38. The second-order valence-corrected chi connectivity index (χ2v) is 3.83. The van der Waals surface area contributed by atoms with Crippen molar-refractivity contribution in [2.45, 2.75) is 19.5 Å². The Morgan fingerprint density at radius 2 is 1.95 bits per heavy atom. The molecule has 0 spiro atoms. The van der Waals surface area contributed by atoms with Gasteiger partial charge in [0.25, 0.3) is 0 Å². The number of esters is 1. The van der Waals surface area contributed by atoms with E-state index in [2.05, 4.69) is 10.1 Å². The number of amides is 1. The molecule has 0 radical (unpaired) electrons. The Morgan fingerprint density at radius 3 is 2.42 bits per heavy atom. The summed E-state index contributed by atoms with van der Waals surface area (Å²) in [6.07, 6.45) is -4.92. The van der Waals surface area contributed by atoms with Gasteiger partial charge in [0.05, 0.1) is 12.7 Å². The molecule has 0 aliphatic heterocycles. The molecule has 0 aliphatic carbocycles. The van der Waals surface area contributed by atoms with Gasteiger partial charge >= 0.3 is 12.1 Å². The fourth-order valence-electron chi connectivity index (χ4n) is 1.38. The summed E-state index contributed by atoms with van der Waals surface area (Å²) in [5.41, 5.74) is -0.314. The van der Waals surface area contributed by atoms with E-state index >= 15 is 0 Å². The molecule has 0 aliphatic rings. The highest BCUT2D eigenvalue weighted by Gasteiger charge is 2.30. The summed E-state index contributed by atoms with van der Waals surface area (Å²) in [6.45, 7) is 1.43. The van der Waals surface area contributed by atoms with Crippen molar-refractivity contribution in [2.24, 2.45) is 0 Å². The van der Waals surface area contributed by atoms with Crippen LogP contribution in [0.5, 0.6) is 0 Å². The van der Waals surface area contributed by atoms with Gasteiger partial charge in [-0.05, 0) is 30.7 Å². The predicted octanol–water partition coefficient (Wildman–Crippen LogP) is 2.52. The maximum Gasteiger partial charge on any atom is 0.416 e. The van der Waals surface area contributed by atoms with Gasteiger partial charge in [-0.15, -0.1) is 0 Å². The monoisotopic (exact) mass is 275 g/mol. The van der Waals surface area contributed by atoms with E-state index in [4.69, 9.17) is 0 Å². The third-order valence-electron chi connectivity index (χ3n) is 2.36. The molecule has 0 fully saturated rings. The lowest BCUT2D eigenvalue weighted by Gasteiger charge is -2.11. The summed E-state index contributed by atoms with van der Waals surface area (Å²) < 4.78 is 41.6. The van der Waals surface area contributed by atoms with Crippen molar-refractivity contribution in [2.75, 3.05) is 12.4 Å². The summed E-state index contributed by atoms with van der Waals surface area (Å²) in [4.78, 5) is 22.2. The summed E-state index contributed by atoms with van der Waals surface area (Å²) in [5, 5.41) is 2.35. The standard InChI is InChI=1S/C12H12F3NO3/c1-7-5-8(12(13,14)15)3-4-9(7)16-10(17)6-11(18)19-2/h3-5H,6H2,1-2H3,(H,16,17). The molecule has 0 saturated heterocycles. The van der Waals surface area contributed by atoms with Crippen LogP contribution in [0.3, 0.4) is 0 Å². The summed E-state index contributed by atoms with van der Waals surface area (Å²) in [7, 11) is 1.14. The number of halogens is 3. The van der Waals surface area contributed by atoms with Crippen LogP contribution in [-0.2, 0) is 20.5 Å². The SMILES string of the molecule is COC(=O)CC(=O)Nc1ccc(C(F)(F)F)cc1C. The third kappa shape index (κ3) is 4.27. The number of anilines is 1. The molecule has 0 aromatic heterocycles. The minimum atomic E-state index is -4.43. The van der Waals surface area contributed by atoms with Gasteiger partial charge in [0.15, 0.2) is 0 Å². The highest BCUT2D eigenvalue weighted by atomic mass is 19.4. The number of alkyl halides is 3. The molecule has 0 atom stereocenters. The Morgan fingerprint density at radius 1 is 1.32 bits per heavy atom. The number of nitrogens with one attached hydrogen (secondary N) is 1. The van der Waals surface area contributed by atoms with E-state index in [1.807, 2.05) is 0 Å². The van der Waals surface area contributed by atoms with E-state index < -0.39 is 30.0 Å². The maximum atomic E-state index is 12.4. The van der Waals surface area contributed by atoms with E-state index in [1.54, 1.807) is 0 Å². The smallest absolute Gasteiger partial charge is 0.416 e. The zero-order chi connectivity index (χ0) is 14.6. The van der Waals surface area contributed by atoms with E-state index in [0.29, 0.717) is 0 Å². The van der Waals surface area contributed by atoms with Crippen LogP contribution in [0.1, 0.15) is 17.5 Å². The van der Waals surface area contributed by atoms with Crippen LogP contribution in [0.15, 0.2) is 18.2 Å². The Bertz CT molecular complexity index is 497. The number of hydrogen-bond donors (Lipinski definition) is 1. The Kier molecular flexibility index (Phi) is 4.52. The Labute approximate surface area is 107 Å². The van der Waals surface area contributed by atoms with Crippen LogP contribution < -0.4 is 5.32 Å². The maximum absolute atomic E-state index is 12.4. The largest absolute Gasteiger partial charge is 0.469 e. The van der Waals surface area contributed by atoms with Crippen molar-refractivity contribution >= 4 is 17.6 Å². The average molecular weight is 275 g/mol. The first kappa shape index (κ1) is 15.0. The number of carbonyl (C=O) groups excluding carboxylic acids is 2. The molecule has 1 aromatic rings. The molecule has 4 nitrogen and oxygen atoms in total. The van der Waals surface area contributed by atoms with Crippen LogP contribution >= 0.6 is 0 Å². The first-order valence-electron chi connectivity index (χ1n) is 5.28. The van der Waals surface area contributed by atoms with Gasteiger partial charge in [-0.3, -0.25) is 9.59 Å². The minimum absolute atomic E-state index is 0.224. The van der Waals surface area contributed by atoms with Gasteiger partial charge in [0.1, 0.15) is 6.42 Å². The zero-order valence-electron chi connectivity index (χ0n) is 10.3. The average Bonchev–Trinajstić information content (AvgIpc) is 2.30. The zero-order valence-corrected chi connectivity index (χ0v) is 10.3. The number of hydrogen-bond acceptors (Lipinski definition) is 3. The van der Waals surface area contributed by atoms with Crippen LogP contribution in [-0.4, -0.2) is 19.0 Å². The van der Waals surface area contributed by atoms with Crippen LogP contribution in [0.25, 0.3) is 0 Å². The molecule has 1 amide bonds. The lowest BCUT2D eigenvalue weighted by Crippen LogP contribution is -2.18. The third-order valence-corrected chi connectivity index (χ3v) is 2.36. The second kappa shape index (κ2) is 5.73. The van der Waals surface area contributed by atoms with E-state index in [-0.39, 0.29) is 11.3 Å². The summed E-state index contributed by atoms with van der Waals surface area (Å²) >= 11 is 0. The number of benzene rings is 1.